The molecule has 0 spiro atoms. The number of unbranched alkanes of at least 4 members (excludes halogenated alkanes) is 7. The molecule has 0 aromatic heterocycles. The first-order valence-electron chi connectivity index (χ1n) is 14.4. The lowest BCUT2D eigenvalue weighted by atomic mass is 9.51. The van der Waals surface area contributed by atoms with Crippen LogP contribution in [-0.2, 0) is 9.59 Å². The fraction of sp³-hybridized carbons (Fsp3) is 0.893. The summed E-state index contributed by atoms with van der Waals surface area (Å²) in [4.78, 5) is 26.1. The Labute approximate surface area is 215 Å². The number of amides is 2. The van der Waals surface area contributed by atoms with Crippen LogP contribution < -0.4 is 10.6 Å². The summed E-state index contributed by atoms with van der Waals surface area (Å²) in [5, 5.41) is 26.4. The Morgan fingerprint density at radius 2 is 1.61 bits per heavy atom. The van der Waals surface area contributed by atoms with Gasteiger partial charge in [-0.25, -0.2) is 4.39 Å². The molecule has 0 radical (unpaired) electrons. The van der Waals surface area contributed by atoms with E-state index in [1.165, 1.54) is 24.2 Å². The van der Waals surface area contributed by atoms with Crippen molar-refractivity contribution < 1.29 is 19.1 Å². The number of likely N-dealkylation sites (tertiary alicyclic amines) is 1. The fourth-order valence-electron chi connectivity index (χ4n) is 7.79. The van der Waals surface area contributed by atoms with Crippen LogP contribution in [0.2, 0.25) is 0 Å². The molecule has 5 aliphatic rings. The van der Waals surface area contributed by atoms with E-state index in [2.05, 4.69) is 10.6 Å². The second kappa shape index (κ2) is 12.2. The van der Waals surface area contributed by atoms with Gasteiger partial charge in [-0.05, 0) is 69.7 Å². The van der Waals surface area contributed by atoms with Crippen molar-refractivity contribution in [3.63, 3.8) is 0 Å². The molecule has 4 bridgehead atoms. The molecule has 8 heteroatoms. The van der Waals surface area contributed by atoms with Crippen LogP contribution in [0.4, 0.5) is 4.39 Å². The molecule has 5 fully saturated rings. The Morgan fingerprint density at radius 3 is 2.25 bits per heavy atom. The summed E-state index contributed by atoms with van der Waals surface area (Å²) in [6.45, 7) is 0.961. The lowest BCUT2D eigenvalue weighted by molar-refractivity contribution is -0.151. The number of halogens is 1. The molecule has 3 unspecified atom stereocenters. The number of nitrogens with one attached hydrogen (secondary N) is 2. The van der Waals surface area contributed by atoms with Crippen LogP contribution >= 0.6 is 0 Å². The van der Waals surface area contributed by atoms with Gasteiger partial charge in [0.15, 0.2) is 0 Å². The van der Waals surface area contributed by atoms with Crippen LogP contribution in [0.3, 0.4) is 0 Å². The van der Waals surface area contributed by atoms with Gasteiger partial charge in [0, 0.05) is 18.4 Å². The first-order valence-corrected chi connectivity index (χ1v) is 14.4. The molecule has 4 saturated carbocycles. The number of nitrogens with zero attached hydrogens (tertiary/aromatic N) is 2. The van der Waals surface area contributed by atoms with Gasteiger partial charge in [-0.1, -0.05) is 38.5 Å². The molecule has 1 heterocycles. The predicted molar refractivity (Wildman–Crippen MR) is 136 cm³/mol. The molecular formula is C28H45FN4O3. The highest BCUT2D eigenvalue weighted by Crippen LogP contribution is 2.57. The van der Waals surface area contributed by atoms with Gasteiger partial charge in [-0.3, -0.25) is 9.59 Å². The van der Waals surface area contributed by atoms with Crippen molar-refractivity contribution in [2.45, 2.75) is 126 Å². The summed E-state index contributed by atoms with van der Waals surface area (Å²) in [7, 11) is 0. The highest BCUT2D eigenvalue weighted by atomic mass is 19.1. The standard InChI is InChI=1S/C28H45FN4O3/c29-23-12-24(17-30)33(19-23)26(35)18-31-10-8-6-4-2-1-3-5-7-9-25(34)32-27-13-21-11-22(14-27)16-28(36,15-21)20-27/h21-24,31,36H,1-16,18-20H2,(H,32,34)/t21?,22?,23-,24?,27?,28?/m0/s1. The van der Waals surface area contributed by atoms with Gasteiger partial charge < -0.3 is 20.6 Å². The maximum Gasteiger partial charge on any atom is 0.237 e. The molecule has 2 amide bonds. The zero-order valence-corrected chi connectivity index (χ0v) is 21.8. The minimum Gasteiger partial charge on any atom is -0.390 e. The van der Waals surface area contributed by atoms with Crippen molar-refractivity contribution in [2.24, 2.45) is 11.8 Å². The molecule has 36 heavy (non-hydrogen) atoms. The number of hydrogen-bond acceptors (Lipinski definition) is 5. The number of rotatable bonds is 14. The Kier molecular flexibility index (Phi) is 9.27. The van der Waals surface area contributed by atoms with Crippen LogP contribution in [0.25, 0.3) is 0 Å². The Hall–Kier alpha value is -1.72. The van der Waals surface area contributed by atoms with Crippen molar-refractivity contribution in [3.05, 3.63) is 0 Å². The predicted octanol–water partition coefficient (Wildman–Crippen LogP) is 3.75. The first-order chi connectivity index (χ1) is 17.3. The fourth-order valence-corrected chi connectivity index (χ4v) is 7.79. The van der Waals surface area contributed by atoms with Crippen LogP contribution in [-0.4, -0.2) is 64.8 Å². The third kappa shape index (κ3) is 7.19. The highest BCUT2D eigenvalue weighted by Gasteiger charge is 2.57. The molecule has 5 rings (SSSR count). The normalized spacial score (nSPS) is 34.6. The average Bonchev–Trinajstić information content (AvgIpc) is 3.18. The van der Waals surface area contributed by atoms with Crippen molar-refractivity contribution >= 4 is 11.8 Å². The lowest BCUT2D eigenvalue weighted by Gasteiger charge is -2.60. The maximum atomic E-state index is 13.4. The largest absolute Gasteiger partial charge is 0.390 e. The molecule has 7 nitrogen and oxygen atoms in total. The summed E-state index contributed by atoms with van der Waals surface area (Å²) < 4.78 is 13.4. The second-order valence-electron chi connectivity index (χ2n) is 12.3. The molecular weight excluding hydrogens is 459 g/mol. The lowest BCUT2D eigenvalue weighted by Crippen LogP contribution is -2.65. The van der Waals surface area contributed by atoms with Gasteiger partial charge in [0.25, 0.3) is 0 Å². The number of alkyl halides is 1. The summed E-state index contributed by atoms with van der Waals surface area (Å²) in [5.41, 5.74) is -0.663. The van der Waals surface area contributed by atoms with E-state index < -0.39 is 17.8 Å². The van der Waals surface area contributed by atoms with Crippen LogP contribution in [0.15, 0.2) is 0 Å². The number of carbonyl (C=O) groups is 2. The third-order valence-corrected chi connectivity index (χ3v) is 8.94. The Bertz CT molecular complexity index is 801. The maximum absolute atomic E-state index is 13.4. The quantitative estimate of drug-likeness (QED) is 0.313. The van der Waals surface area contributed by atoms with E-state index in [1.807, 2.05) is 6.07 Å². The summed E-state index contributed by atoms with van der Waals surface area (Å²) >= 11 is 0. The van der Waals surface area contributed by atoms with Gasteiger partial charge in [-0.15, -0.1) is 0 Å². The minimum atomic E-state index is -1.09. The zero-order chi connectivity index (χ0) is 25.6. The van der Waals surface area contributed by atoms with Crippen LogP contribution in [0.5, 0.6) is 0 Å². The second-order valence-corrected chi connectivity index (χ2v) is 12.3. The minimum absolute atomic E-state index is 0.0371. The SMILES string of the molecule is N#CC1C[C@H](F)CN1C(=O)CNCCCCCCCCCCC(=O)NC12CC3CC(CC(O)(C3)C1)C2. The van der Waals surface area contributed by atoms with Crippen molar-refractivity contribution in [1.29, 1.82) is 5.26 Å². The average molecular weight is 505 g/mol. The van der Waals surface area contributed by atoms with E-state index >= 15 is 0 Å². The van der Waals surface area contributed by atoms with E-state index in [1.54, 1.807) is 0 Å². The van der Waals surface area contributed by atoms with Gasteiger partial charge in [0.05, 0.1) is 24.8 Å². The molecule has 4 aliphatic carbocycles. The van der Waals surface area contributed by atoms with Gasteiger partial charge in [0.1, 0.15) is 12.2 Å². The Balaban J connectivity index is 0.957. The highest BCUT2D eigenvalue weighted by molar-refractivity contribution is 5.79. The van der Waals surface area contributed by atoms with Crippen molar-refractivity contribution in [2.75, 3.05) is 19.6 Å². The van der Waals surface area contributed by atoms with Gasteiger partial charge in [-0.2, -0.15) is 5.26 Å². The molecule has 202 valence electrons. The molecule has 3 N–H and O–H groups in total. The van der Waals surface area contributed by atoms with Gasteiger partial charge in [0.2, 0.25) is 11.8 Å². The molecule has 1 saturated heterocycles. The van der Waals surface area contributed by atoms with E-state index in [9.17, 15) is 19.1 Å². The number of carbonyl (C=O) groups excluding carboxylic acids is 2. The Morgan fingerprint density at radius 1 is 0.972 bits per heavy atom. The zero-order valence-electron chi connectivity index (χ0n) is 21.8. The van der Waals surface area contributed by atoms with Gasteiger partial charge >= 0.3 is 0 Å². The van der Waals surface area contributed by atoms with E-state index in [0.29, 0.717) is 18.3 Å². The monoisotopic (exact) mass is 504 g/mol. The number of aliphatic hydroxyl groups is 1. The molecule has 1 aliphatic heterocycles. The van der Waals surface area contributed by atoms with E-state index in [4.69, 9.17) is 5.26 Å². The summed E-state index contributed by atoms with van der Waals surface area (Å²) in [5.74, 6) is 1.16. The first kappa shape index (κ1) is 27.3. The smallest absolute Gasteiger partial charge is 0.237 e. The third-order valence-electron chi connectivity index (χ3n) is 8.94. The van der Waals surface area contributed by atoms with E-state index in [-0.39, 0.29) is 36.9 Å². The van der Waals surface area contributed by atoms with Crippen molar-refractivity contribution in [1.82, 2.24) is 15.5 Å². The summed E-state index contributed by atoms with van der Waals surface area (Å²) in [6, 6.07) is 1.39. The number of nitriles is 1. The number of hydrogen-bond donors (Lipinski definition) is 3. The summed E-state index contributed by atoms with van der Waals surface area (Å²) in [6.07, 6.45) is 14.4. The van der Waals surface area contributed by atoms with Crippen LogP contribution in [0.1, 0.15) is 103 Å². The van der Waals surface area contributed by atoms with E-state index in [0.717, 1.165) is 77.2 Å². The van der Waals surface area contributed by atoms with Crippen molar-refractivity contribution in [3.8, 4) is 6.07 Å². The topological polar surface area (TPSA) is 105 Å². The molecule has 0 aromatic rings. The molecule has 0 aromatic carbocycles. The van der Waals surface area contributed by atoms with Crippen LogP contribution in [0, 0.1) is 23.2 Å². The molecule has 4 atom stereocenters.